The maximum absolute atomic E-state index is 11.9. The topological polar surface area (TPSA) is 92.8 Å². The number of H-pyrrole nitrogens is 2. The van der Waals surface area contributed by atoms with E-state index in [9.17, 15) is 9.59 Å². The van der Waals surface area contributed by atoms with E-state index in [4.69, 9.17) is 4.74 Å². The van der Waals surface area contributed by atoms with Gasteiger partial charge in [0.2, 0.25) is 0 Å². The smallest absolute Gasteiger partial charge is 0.330 e. The Hall–Kier alpha value is -1.89. The van der Waals surface area contributed by atoms with Gasteiger partial charge in [0.1, 0.15) is 11.3 Å². The zero-order valence-electron chi connectivity index (χ0n) is 11.4. The normalized spacial score (nSPS) is 16.2. The van der Waals surface area contributed by atoms with E-state index >= 15 is 0 Å². The first-order chi connectivity index (χ1) is 9.70. The second kappa shape index (κ2) is 5.24. The average molecular weight is 278 g/mol. The lowest BCUT2D eigenvalue weighted by molar-refractivity contribution is 0.187. The van der Waals surface area contributed by atoms with Crippen molar-refractivity contribution >= 4 is 11.2 Å². The Morgan fingerprint density at radius 2 is 2.05 bits per heavy atom. The van der Waals surface area contributed by atoms with Crippen molar-refractivity contribution in [1.29, 1.82) is 0 Å². The molecule has 108 valence electrons. The fourth-order valence-corrected chi connectivity index (χ4v) is 2.84. The maximum Gasteiger partial charge on any atom is 0.330 e. The summed E-state index contributed by atoms with van der Waals surface area (Å²) in [6.45, 7) is 0.768. The highest BCUT2D eigenvalue weighted by molar-refractivity contribution is 5.69. The molecule has 1 saturated carbocycles. The summed E-state index contributed by atoms with van der Waals surface area (Å²) in [5.74, 6) is 1.19. The highest BCUT2D eigenvalue weighted by atomic mass is 16.5. The lowest BCUT2D eigenvalue weighted by atomic mass is 10.1. The molecule has 7 nitrogen and oxygen atoms in total. The second-order valence-corrected chi connectivity index (χ2v) is 5.21. The molecule has 2 N–H and O–H groups in total. The van der Waals surface area contributed by atoms with Gasteiger partial charge in [0.25, 0.3) is 5.56 Å². The van der Waals surface area contributed by atoms with Gasteiger partial charge in [0, 0.05) is 13.0 Å². The molecule has 2 aromatic rings. The molecule has 2 heterocycles. The molecule has 20 heavy (non-hydrogen) atoms. The van der Waals surface area contributed by atoms with Gasteiger partial charge in [0.05, 0.1) is 13.2 Å². The molecule has 0 radical (unpaired) electrons. The van der Waals surface area contributed by atoms with E-state index in [1.165, 1.54) is 17.4 Å². The molecule has 1 aliphatic rings. The highest BCUT2D eigenvalue weighted by Gasteiger charge is 2.22. The molecule has 3 rings (SSSR count). The Labute approximate surface area is 115 Å². The average Bonchev–Trinajstić information content (AvgIpc) is 3.07. The van der Waals surface area contributed by atoms with Crippen molar-refractivity contribution in [2.24, 2.45) is 0 Å². The van der Waals surface area contributed by atoms with Crippen molar-refractivity contribution in [3.8, 4) is 0 Å². The first-order valence-corrected chi connectivity index (χ1v) is 6.92. The molecule has 0 aromatic carbocycles. The van der Waals surface area contributed by atoms with Gasteiger partial charge in [-0.3, -0.25) is 14.3 Å². The molecule has 2 aromatic heterocycles. The first kappa shape index (κ1) is 13.1. The fourth-order valence-electron chi connectivity index (χ4n) is 2.84. The molecule has 0 unspecified atom stereocenters. The summed E-state index contributed by atoms with van der Waals surface area (Å²) < 4.78 is 6.45. The largest absolute Gasteiger partial charge is 0.383 e. The first-order valence-electron chi connectivity index (χ1n) is 6.92. The summed E-state index contributed by atoms with van der Waals surface area (Å²) in [5, 5.41) is 0. The van der Waals surface area contributed by atoms with E-state index in [0.29, 0.717) is 30.2 Å². The number of hydrogen-bond acceptors (Lipinski definition) is 4. The number of ether oxygens (including phenoxy) is 1. The fraction of sp³-hybridized carbons (Fsp3) is 0.615. The van der Waals surface area contributed by atoms with Gasteiger partial charge in [-0.25, -0.2) is 9.78 Å². The van der Waals surface area contributed by atoms with E-state index in [1.807, 2.05) is 0 Å². The van der Waals surface area contributed by atoms with Crippen molar-refractivity contribution in [3.05, 3.63) is 26.7 Å². The Balaban J connectivity index is 2.12. The van der Waals surface area contributed by atoms with Gasteiger partial charge < -0.3 is 9.72 Å². The molecule has 0 saturated heterocycles. The van der Waals surface area contributed by atoms with E-state index < -0.39 is 11.2 Å². The third-order valence-electron chi connectivity index (χ3n) is 3.91. The number of rotatable bonds is 4. The van der Waals surface area contributed by atoms with Gasteiger partial charge in [-0.05, 0) is 12.8 Å². The van der Waals surface area contributed by atoms with Crippen molar-refractivity contribution in [3.63, 3.8) is 0 Å². The number of fused-ring (bicyclic) bond motifs is 1. The molecular weight excluding hydrogens is 260 g/mol. The number of aromatic amines is 2. The lowest BCUT2D eigenvalue weighted by Gasteiger charge is -2.04. The number of aromatic nitrogens is 4. The van der Waals surface area contributed by atoms with Crippen LogP contribution in [0.3, 0.4) is 0 Å². The van der Waals surface area contributed by atoms with Gasteiger partial charge in [-0.2, -0.15) is 0 Å². The van der Waals surface area contributed by atoms with Crippen LogP contribution in [0.2, 0.25) is 0 Å². The van der Waals surface area contributed by atoms with Crippen molar-refractivity contribution in [2.75, 3.05) is 13.7 Å². The molecule has 1 aliphatic carbocycles. The summed E-state index contributed by atoms with van der Waals surface area (Å²) in [6.07, 6.45) is 4.54. The van der Waals surface area contributed by atoms with Crippen LogP contribution in [0.1, 0.15) is 37.4 Å². The summed E-state index contributed by atoms with van der Waals surface area (Å²) in [7, 11) is 1.57. The van der Waals surface area contributed by atoms with Crippen LogP contribution in [0.15, 0.2) is 9.59 Å². The minimum atomic E-state index is -0.441. The van der Waals surface area contributed by atoms with Crippen molar-refractivity contribution in [1.82, 2.24) is 19.5 Å². The molecule has 0 spiro atoms. The van der Waals surface area contributed by atoms with Gasteiger partial charge in [0.15, 0.2) is 5.65 Å². The Morgan fingerprint density at radius 1 is 1.30 bits per heavy atom. The van der Waals surface area contributed by atoms with Crippen molar-refractivity contribution in [2.45, 2.75) is 38.1 Å². The monoisotopic (exact) mass is 278 g/mol. The van der Waals surface area contributed by atoms with Crippen LogP contribution in [-0.4, -0.2) is 33.2 Å². The minimum absolute atomic E-state index is 0.368. The Bertz CT molecular complexity index is 721. The van der Waals surface area contributed by atoms with Gasteiger partial charge >= 0.3 is 5.69 Å². The minimum Gasteiger partial charge on any atom is -0.383 e. The van der Waals surface area contributed by atoms with Crippen LogP contribution >= 0.6 is 0 Å². The van der Waals surface area contributed by atoms with Gasteiger partial charge in [-0.1, -0.05) is 12.8 Å². The maximum atomic E-state index is 11.9. The number of imidazole rings is 1. The van der Waals surface area contributed by atoms with Crippen LogP contribution < -0.4 is 11.2 Å². The highest BCUT2D eigenvalue weighted by Crippen LogP contribution is 2.32. The summed E-state index contributed by atoms with van der Waals surface area (Å²) in [5.41, 5.74) is -0.0419. The third kappa shape index (κ3) is 2.18. The van der Waals surface area contributed by atoms with Crippen LogP contribution in [0.4, 0.5) is 0 Å². The quantitative estimate of drug-likeness (QED) is 0.861. The molecule has 1 fully saturated rings. The van der Waals surface area contributed by atoms with Crippen LogP contribution in [-0.2, 0) is 11.3 Å². The third-order valence-corrected chi connectivity index (χ3v) is 3.91. The molecular formula is C13H18N4O3. The number of nitrogens with one attached hydrogen (secondary N) is 2. The number of hydrogen-bond donors (Lipinski definition) is 2. The van der Waals surface area contributed by atoms with Crippen molar-refractivity contribution < 1.29 is 4.74 Å². The molecule has 0 amide bonds. The second-order valence-electron chi connectivity index (χ2n) is 5.21. The Kier molecular flexibility index (Phi) is 3.43. The zero-order valence-corrected chi connectivity index (χ0v) is 11.4. The zero-order chi connectivity index (χ0) is 14.1. The molecule has 7 heteroatoms. The van der Waals surface area contributed by atoms with E-state index in [1.54, 1.807) is 7.11 Å². The number of nitrogens with zero attached hydrogens (tertiary/aromatic N) is 2. The Morgan fingerprint density at radius 3 is 2.75 bits per heavy atom. The SMILES string of the molecule is COCCn1c(=O)[nH]c(=O)c2[nH]c(C3CCCC3)nc21. The predicted molar refractivity (Wildman–Crippen MR) is 74.1 cm³/mol. The van der Waals surface area contributed by atoms with E-state index in [-0.39, 0.29) is 0 Å². The lowest BCUT2D eigenvalue weighted by Crippen LogP contribution is -2.31. The van der Waals surface area contributed by atoms with Crippen LogP contribution in [0, 0.1) is 0 Å². The van der Waals surface area contributed by atoms with Crippen LogP contribution in [0.25, 0.3) is 11.2 Å². The summed E-state index contributed by atoms with van der Waals surface area (Å²) in [6, 6.07) is 0. The standard InChI is InChI=1S/C13H18N4O3/c1-20-7-6-17-11-9(12(18)16-13(17)19)14-10(15-11)8-4-2-3-5-8/h8H,2-7H2,1H3,(H,14,15)(H,16,18,19). The summed E-state index contributed by atoms with van der Waals surface area (Å²) in [4.78, 5) is 33.7. The molecule has 0 atom stereocenters. The van der Waals surface area contributed by atoms with E-state index in [2.05, 4.69) is 15.0 Å². The van der Waals surface area contributed by atoms with E-state index in [0.717, 1.165) is 18.7 Å². The summed E-state index contributed by atoms with van der Waals surface area (Å²) >= 11 is 0. The van der Waals surface area contributed by atoms with Gasteiger partial charge in [-0.15, -0.1) is 0 Å². The molecule has 0 bridgehead atoms. The molecule has 0 aliphatic heterocycles. The van der Waals surface area contributed by atoms with Crippen LogP contribution in [0.5, 0.6) is 0 Å². The predicted octanol–water partition coefficient (Wildman–Crippen LogP) is 0.717. The number of methoxy groups -OCH3 is 1.